The molecule has 3 aromatic carbocycles. The van der Waals surface area contributed by atoms with Gasteiger partial charge in [0.2, 0.25) is 11.8 Å². The molecule has 0 amide bonds. The van der Waals surface area contributed by atoms with Crippen molar-refractivity contribution in [3.05, 3.63) is 129 Å². The molecule has 0 aliphatic carbocycles. The van der Waals surface area contributed by atoms with E-state index in [0.717, 1.165) is 5.69 Å². The van der Waals surface area contributed by atoms with Gasteiger partial charge in [-0.25, -0.2) is 4.68 Å². The molecular formula is C31H23ClN6O4. The maximum atomic E-state index is 12.9. The van der Waals surface area contributed by atoms with Crippen LogP contribution in [-0.4, -0.2) is 26.7 Å². The average molecular weight is 579 g/mol. The van der Waals surface area contributed by atoms with E-state index < -0.39 is 11.5 Å². The number of fused-ring (bicyclic) bond motifs is 1. The lowest BCUT2D eigenvalue weighted by atomic mass is 9.84. The minimum atomic E-state index is -0.584. The second-order valence-corrected chi connectivity index (χ2v) is 9.74. The SMILES string of the molecule is COc1cc(C2C(C#N)=C(N)Oc3c2c(C)nn3-c2ccccc2)ccc1Oc1cnn(-c2ccccc2)c(=O)c1Cl. The summed E-state index contributed by atoms with van der Waals surface area (Å²) in [6.45, 7) is 1.85. The van der Waals surface area contributed by atoms with E-state index in [2.05, 4.69) is 11.2 Å². The molecule has 2 N–H and O–H groups in total. The van der Waals surface area contributed by atoms with Crippen LogP contribution >= 0.6 is 11.6 Å². The molecule has 5 aromatic rings. The Hall–Kier alpha value is -5.53. The number of methoxy groups -OCH3 is 1. The van der Waals surface area contributed by atoms with E-state index in [1.54, 1.807) is 47.1 Å². The van der Waals surface area contributed by atoms with Crippen LogP contribution in [0.15, 0.2) is 101 Å². The molecule has 1 unspecified atom stereocenters. The molecule has 10 nitrogen and oxygen atoms in total. The molecule has 0 spiro atoms. The molecule has 208 valence electrons. The fourth-order valence-electron chi connectivity index (χ4n) is 4.90. The molecule has 6 rings (SSSR count). The number of aryl methyl sites for hydroxylation is 1. The summed E-state index contributed by atoms with van der Waals surface area (Å²) < 4.78 is 20.4. The van der Waals surface area contributed by atoms with Crippen LogP contribution in [-0.2, 0) is 0 Å². The summed E-state index contributed by atoms with van der Waals surface area (Å²) in [6.07, 6.45) is 1.37. The molecule has 0 radical (unpaired) electrons. The number of benzene rings is 3. The van der Waals surface area contributed by atoms with Crippen LogP contribution in [0, 0.1) is 18.3 Å². The molecular weight excluding hydrogens is 556 g/mol. The van der Waals surface area contributed by atoms with Gasteiger partial charge in [-0.15, -0.1) is 0 Å². The van der Waals surface area contributed by atoms with Gasteiger partial charge in [-0.2, -0.15) is 20.1 Å². The van der Waals surface area contributed by atoms with Crippen molar-refractivity contribution in [3.63, 3.8) is 0 Å². The van der Waals surface area contributed by atoms with E-state index in [0.29, 0.717) is 39.9 Å². The van der Waals surface area contributed by atoms with Gasteiger partial charge in [0.15, 0.2) is 22.3 Å². The molecule has 2 aromatic heterocycles. The quantitative estimate of drug-likeness (QED) is 0.283. The molecule has 0 bridgehead atoms. The Morgan fingerprint density at radius 1 is 0.976 bits per heavy atom. The Balaban J connectivity index is 1.40. The third-order valence-electron chi connectivity index (χ3n) is 6.86. The molecule has 0 fully saturated rings. The third kappa shape index (κ3) is 4.52. The van der Waals surface area contributed by atoms with Crippen LogP contribution in [0.3, 0.4) is 0 Å². The van der Waals surface area contributed by atoms with Crippen molar-refractivity contribution in [2.24, 2.45) is 5.73 Å². The number of nitrogens with two attached hydrogens (primary N) is 1. The van der Waals surface area contributed by atoms with Gasteiger partial charge in [0.25, 0.3) is 5.56 Å². The average Bonchev–Trinajstić information content (AvgIpc) is 3.35. The largest absolute Gasteiger partial charge is 0.493 e. The summed E-state index contributed by atoms with van der Waals surface area (Å²) in [5, 5.41) is 18.8. The predicted molar refractivity (Wildman–Crippen MR) is 156 cm³/mol. The molecule has 3 heterocycles. The van der Waals surface area contributed by atoms with E-state index in [1.807, 2.05) is 43.3 Å². The number of para-hydroxylation sites is 2. The van der Waals surface area contributed by atoms with E-state index >= 15 is 0 Å². The Labute approximate surface area is 245 Å². The zero-order valence-corrected chi connectivity index (χ0v) is 23.2. The molecule has 1 atom stereocenters. The molecule has 11 heteroatoms. The maximum Gasteiger partial charge on any atom is 0.294 e. The number of nitrogens with zero attached hydrogens (tertiary/aromatic N) is 5. The van der Waals surface area contributed by atoms with E-state index in [1.165, 1.54) is 18.0 Å². The molecule has 0 saturated heterocycles. The van der Waals surface area contributed by atoms with Crippen molar-refractivity contribution in [3.8, 4) is 40.6 Å². The Kier molecular flexibility index (Phi) is 6.86. The number of ether oxygens (including phenoxy) is 3. The highest BCUT2D eigenvalue weighted by molar-refractivity contribution is 6.31. The fraction of sp³-hybridized carbons (Fsp3) is 0.0968. The van der Waals surface area contributed by atoms with Crippen molar-refractivity contribution in [1.82, 2.24) is 19.6 Å². The first kappa shape index (κ1) is 26.7. The number of hydrogen-bond donors (Lipinski definition) is 1. The van der Waals surface area contributed by atoms with Gasteiger partial charge in [-0.05, 0) is 48.9 Å². The molecule has 1 aliphatic rings. The number of rotatable bonds is 6. The first-order valence-electron chi connectivity index (χ1n) is 12.8. The van der Waals surface area contributed by atoms with Crippen molar-refractivity contribution < 1.29 is 14.2 Å². The topological polar surface area (TPSA) is 130 Å². The second-order valence-electron chi connectivity index (χ2n) is 9.36. The van der Waals surface area contributed by atoms with Crippen molar-refractivity contribution >= 4 is 11.6 Å². The van der Waals surface area contributed by atoms with Crippen LogP contribution in [0.1, 0.15) is 22.7 Å². The summed E-state index contributed by atoms with van der Waals surface area (Å²) >= 11 is 6.41. The number of nitriles is 1. The van der Waals surface area contributed by atoms with Crippen molar-refractivity contribution in [1.29, 1.82) is 5.26 Å². The number of aromatic nitrogens is 4. The summed E-state index contributed by atoms with van der Waals surface area (Å²) in [4.78, 5) is 12.9. The van der Waals surface area contributed by atoms with Gasteiger partial charge in [-0.3, -0.25) is 4.79 Å². The summed E-state index contributed by atoms with van der Waals surface area (Å²) in [7, 11) is 1.49. The summed E-state index contributed by atoms with van der Waals surface area (Å²) in [5.41, 5.74) is 9.41. The second kappa shape index (κ2) is 10.8. The lowest BCUT2D eigenvalue weighted by Gasteiger charge is -2.25. The monoisotopic (exact) mass is 578 g/mol. The standard InChI is InChI=1S/C31H23ClN6O4/c1-18-26-27(22(16-33)29(34)42-31(26)38(36-18)21-11-7-4-8-12-21)19-13-14-23(24(15-19)40-2)41-25-17-35-37(30(39)28(25)32)20-9-5-3-6-10-20/h3-15,17,27H,34H2,1-2H3. The van der Waals surface area contributed by atoms with Crippen molar-refractivity contribution in [2.75, 3.05) is 7.11 Å². The van der Waals surface area contributed by atoms with E-state index in [-0.39, 0.29) is 22.2 Å². The zero-order chi connectivity index (χ0) is 29.4. The van der Waals surface area contributed by atoms with E-state index in [4.69, 9.17) is 36.6 Å². The fourth-order valence-corrected chi connectivity index (χ4v) is 5.07. The molecule has 1 aliphatic heterocycles. The first-order valence-corrected chi connectivity index (χ1v) is 13.2. The van der Waals surface area contributed by atoms with Crippen LogP contribution in [0.2, 0.25) is 5.02 Å². The Bertz CT molecular complexity index is 1940. The lowest BCUT2D eigenvalue weighted by molar-refractivity contribution is 0.365. The Morgan fingerprint density at radius 2 is 1.64 bits per heavy atom. The summed E-state index contributed by atoms with van der Waals surface area (Å²) in [5.74, 6) is 0.530. The van der Waals surface area contributed by atoms with Gasteiger partial charge in [-0.1, -0.05) is 54.1 Å². The smallest absolute Gasteiger partial charge is 0.294 e. The van der Waals surface area contributed by atoms with Gasteiger partial charge >= 0.3 is 0 Å². The van der Waals surface area contributed by atoms with Crippen LogP contribution < -0.4 is 25.5 Å². The highest BCUT2D eigenvalue weighted by atomic mass is 35.5. The van der Waals surface area contributed by atoms with Gasteiger partial charge in [0.05, 0.1) is 41.9 Å². The van der Waals surface area contributed by atoms with Gasteiger partial charge in [0.1, 0.15) is 11.6 Å². The van der Waals surface area contributed by atoms with Gasteiger partial charge < -0.3 is 19.9 Å². The number of hydrogen-bond acceptors (Lipinski definition) is 8. The first-order chi connectivity index (χ1) is 20.4. The third-order valence-corrected chi connectivity index (χ3v) is 7.21. The van der Waals surface area contributed by atoms with Crippen LogP contribution in [0.4, 0.5) is 0 Å². The predicted octanol–water partition coefficient (Wildman–Crippen LogP) is 5.40. The normalized spacial score (nSPS) is 14.1. The molecule has 42 heavy (non-hydrogen) atoms. The van der Waals surface area contributed by atoms with Crippen LogP contribution in [0.5, 0.6) is 23.1 Å². The maximum absolute atomic E-state index is 12.9. The van der Waals surface area contributed by atoms with E-state index in [9.17, 15) is 10.1 Å². The minimum Gasteiger partial charge on any atom is -0.493 e. The highest BCUT2D eigenvalue weighted by Crippen LogP contribution is 2.46. The highest BCUT2D eigenvalue weighted by Gasteiger charge is 2.36. The van der Waals surface area contributed by atoms with Crippen molar-refractivity contribution in [2.45, 2.75) is 12.8 Å². The van der Waals surface area contributed by atoms with Gasteiger partial charge in [0, 0.05) is 0 Å². The number of allylic oxidation sites excluding steroid dienone is 1. The molecule has 0 saturated carbocycles. The Morgan fingerprint density at radius 3 is 2.29 bits per heavy atom. The summed E-state index contributed by atoms with van der Waals surface area (Å²) in [6, 6.07) is 25.8. The zero-order valence-electron chi connectivity index (χ0n) is 22.5. The lowest BCUT2D eigenvalue weighted by Crippen LogP contribution is -2.22. The number of halogens is 1. The minimum absolute atomic E-state index is 0.0109. The van der Waals surface area contributed by atoms with Crippen LogP contribution in [0.25, 0.3) is 11.4 Å².